The molecule has 0 fully saturated rings. The Morgan fingerprint density at radius 2 is 1.83 bits per heavy atom. The van der Waals surface area contributed by atoms with Gasteiger partial charge in [-0.25, -0.2) is 4.79 Å². The molecule has 0 aliphatic heterocycles. The number of benzene rings is 2. The summed E-state index contributed by atoms with van der Waals surface area (Å²) < 4.78 is 5.15. The van der Waals surface area contributed by atoms with E-state index in [1.807, 2.05) is 37.3 Å². The topological polar surface area (TPSA) is 46.5 Å². The number of carboxylic acids is 1. The molecule has 2 aromatic rings. The van der Waals surface area contributed by atoms with Gasteiger partial charge in [0.1, 0.15) is 5.75 Å². The monoisotopic (exact) mass is 242 g/mol. The molecule has 0 aliphatic carbocycles. The molecular weight excluding hydrogens is 228 g/mol. The van der Waals surface area contributed by atoms with Crippen molar-refractivity contribution in [1.82, 2.24) is 0 Å². The summed E-state index contributed by atoms with van der Waals surface area (Å²) in [5.41, 5.74) is 2.94. The van der Waals surface area contributed by atoms with E-state index in [1.54, 1.807) is 19.2 Å². The molecule has 0 atom stereocenters. The van der Waals surface area contributed by atoms with Crippen molar-refractivity contribution in [2.24, 2.45) is 0 Å². The predicted octanol–water partition coefficient (Wildman–Crippen LogP) is 3.37. The van der Waals surface area contributed by atoms with Crippen LogP contribution >= 0.6 is 0 Å². The highest BCUT2D eigenvalue weighted by Crippen LogP contribution is 2.29. The molecule has 0 unspecified atom stereocenters. The molecular formula is C15H14O3. The van der Waals surface area contributed by atoms with Gasteiger partial charge in [-0.15, -0.1) is 0 Å². The van der Waals surface area contributed by atoms with E-state index < -0.39 is 5.97 Å². The second-order valence-electron chi connectivity index (χ2n) is 4.03. The summed E-state index contributed by atoms with van der Waals surface area (Å²) in [6.07, 6.45) is 0. The number of methoxy groups -OCH3 is 1. The average molecular weight is 242 g/mol. The van der Waals surface area contributed by atoms with Crippen LogP contribution in [0.1, 0.15) is 15.9 Å². The Morgan fingerprint density at radius 1 is 1.11 bits per heavy atom. The van der Waals surface area contributed by atoms with Crippen LogP contribution in [0.15, 0.2) is 42.5 Å². The van der Waals surface area contributed by atoms with Gasteiger partial charge in [0.05, 0.1) is 12.7 Å². The lowest BCUT2D eigenvalue weighted by Gasteiger charge is -2.10. The van der Waals surface area contributed by atoms with Crippen LogP contribution < -0.4 is 4.74 Å². The van der Waals surface area contributed by atoms with Gasteiger partial charge in [-0.1, -0.05) is 24.3 Å². The molecule has 18 heavy (non-hydrogen) atoms. The Hall–Kier alpha value is -2.29. The number of aryl methyl sites for hydroxylation is 1. The molecule has 0 aromatic heterocycles. The van der Waals surface area contributed by atoms with Crippen molar-refractivity contribution < 1.29 is 14.6 Å². The zero-order valence-electron chi connectivity index (χ0n) is 10.3. The van der Waals surface area contributed by atoms with E-state index in [2.05, 4.69) is 0 Å². The first-order valence-electron chi connectivity index (χ1n) is 5.61. The largest absolute Gasteiger partial charge is 0.497 e. The molecule has 1 N–H and O–H groups in total. The number of aromatic carboxylic acids is 1. The maximum atomic E-state index is 11.2. The van der Waals surface area contributed by atoms with E-state index in [0.717, 1.165) is 22.4 Å². The minimum Gasteiger partial charge on any atom is -0.497 e. The highest BCUT2D eigenvalue weighted by molar-refractivity contribution is 5.96. The van der Waals surface area contributed by atoms with Crippen LogP contribution in [-0.2, 0) is 0 Å². The molecule has 92 valence electrons. The quantitative estimate of drug-likeness (QED) is 0.897. The molecule has 2 aromatic carbocycles. The third-order valence-corrected chi connectivity index (χ3v) is 2.88. The maximum absolute atomic E-state index is 11.2. The predicted molar refractivity (Wildman–Crippen MR) is 70.1 cm³/mol. The van der Waals surface area contributed by atoms with Gasteiger partial charge in [0.2, 0.25) is 0 Å². The van der Waals surface area contributed by atoms with E-state index in [4.69, 9.17) is 4.74 Å². The van der Waals surface area contributed by atoms with Crippen LogP contribution in [0.25, 0.3) is 11.1 Å². The summed E-state index contributed by atoms with van der Waals surface area (Å²) in [7, 11) is 1.61. The third-order valence-electron chi connectivity index (χ3n) is 2.88. The van der Waals surface area contributed by atoms with Crippen molar-refractivity contribution in [2.75, 3.05) is 7.11 Å². The minimum absolute atomic E-state index is 0.311. The first-order valence-corrected chi connectivity index (χ1v) is 5.61. The number of hydrogen-bond donors (Lipinski definition) is 1. The maximum Gasteiger partial charge on any atom is 0.336 e. The van der Waals surface area contributed by atoms with E-state index in [0.29, 0.717) is 5.56 Å². The molecule has 0 aliphatic rings. The lowest BCUT2D eigenvalue weighted by molar-refractivity contribution is 0.0698. The van der Waals surface area contributed by atoms with Gasteiger partial charge < -0.3 is 9.84 Å². The van der Waals surface area contributed by atoms with Crippen molar-refractivity contribution in [3.8, 4) is 16.9 Å². The fraction of sp³-hybridized carbons (Fsp3) is 0.133. The Balaban J connectivity index is 2.59. The first kappa shape index (κ1) is 12.2. The van der Waals surface area contributed by atoms with E-state index in [1.165, 1.54) is 0 Å². The van der Waals surface area contributed by atoms with E-state index in [9.17, 15) is 9.90 Å². The van der Waals surface area contributed by atoms with Gasteiger partial charge >= 0.3 is 5.97 Å². The van der Waals surface area contributed by atoms with Gasteiger partial charge in [-0.05, 0) is 41.8 Å². The van der Waals surface area contributed by atoms with Gasteiger partial charge in [0.15, 0.2) is 0 Å². The van der Waals surface area contributed by atoms with Crippen molar-refractivity contribution >= 4 is 5.97 Å². The first-order chi connectivity index (χ1) is 8.63. The van der Waals surface area contributed by atoms with Crippen molar-refractivity contribution in [1.29, 1.82) is 0 Å². The lowest BCUT2D eigenvalue weighted by atomic mass is 9.96. The van der Waals surface area contributed by atoms with Crippen LogP contribution in [0.3, 0.4) is 0 Å². The number of hydrogen-bond acceptors (Lipinski definition) is 2. The second kappa shape index (κ2) is 4.92. The lowest BCUT2D eigenvalue weighted by Crippen LogP contribution is -2.00. The van der Waals surface area contributed by atoms with Crippen LogP contribution in [-0.4, -0.2) is 18.2 Å². The third kappa shape index (κ3) is 2.20. The molecule has 0 radical (unpaired) electrons. The molecule has 2 rings (SSSR count). The van der Waals surface area contributed by atoms with E-state index in [-0.39, 0.29) is 0 Å². The van der Waals surface area contributed by atoms with Gasteiger partial charge in [-0.3, -0.25) is 0 Å². The fourth-order valence-electron chi connectivity index (χ4n) is 1.97. The van der Waals surface area contributed by atoms with Gasteiger partial charge in [0, 0.05) is 0 Å². The normalized spacial score (nSPS) is 10.1. The SMILES string of the molecule is COc1ccc(-c2ccccc2C(=O)O)c(C)c1. The van der Waals surface area contributed by atoms with Gasteiger partial charge in [-0.2, -0.15) is 0 Å². The van der Waals surface area contributed by atoms with Gasteiger partial charge in [0.25, 0.3) is 0 Å². The van der Waals surface area contributed by atoms with E-state index >= 15 is 0 Å². The summed E-state index contributed by atoms with van der Waals surface area (Å²) in [4.78, 5) is 11.2. The highest BCUT2D eigenvalue weighted by Gasteiger charge is 2.12. The molecule has 0 heterocycles. The molecule has 0 bridgehead atoms. The standard InChI is InChI=1S/C15H14O3/c1-10-9-11(18-2)7-8-12(10)13-5-3-4-6-14(13)15(16)17/h3-9H,1-2H3,(H,16,17). The average Bonchev–Trinajstić information content (AvgIpc) is 2.38. The smallest absolute Gasteiger partial charge is 0.336 e. The number of carboxylic acid groups (broad SMARTS) is 1. The Labute approximate surface area is 106 Å². The summed E-state index contributed by atoms with van der Waals surface area (Å²) in [6, 6.07) is 12.6. The molecule has 0 saturated heterocycles. The Morgan fingerprint density at radius 3 is 2.44 bits per heavy atom. The molecule has 3 nitrogen and oxygen atoms in total. The summed E-state index contributed by atoms with van der Waals surface area (Å²) >= 11 is 0. The Bertz CT molecular complexity index is 588. The zero-order valence-corrected chi connectivity index (χ0v) is 10.3. The highest BCUT2D eigenvalue weighted by atomic mass is 16.5. The van der Waals surface area contributed by atoms with Crippen molar-refractivity contribution in [2.45, 2.75) is 6.92 Å². The zero-order chi connectivity index (χ0) is 13.1. The van der Waals surface area contributed by atoms with Crippen molar-refractivity contribution in [3.63, 3.8) is 0 Å². The second-order valence-corrected chi connectivity index (χ2v) is 4.03. The van der Waals surface area contributed by atoms with Crippen LogP contribution in [0.2, 0.25) is 0 Å². The number of carbonyl (C=O) groups is 1. The number of ether oxygens (including phenoxy) is 1. The van der Waals surface area contributed by atoms with Crippen LogP contribution in [0.5, 0.6) is 5.75 Å². The molecule has 0 amide bonds. The van der Waals surface area contributed by atoms with Crippen LogP contribution in [0, 0.1) is 6.92 Å². The summed E-state index contributed by atoms with van der Waals surface area (Å²) in [6.45, 7) is 1.94. The molecule has 0 saturated carbocycles. The molecule has 3 heteroatoms. The fourth-order valence-corrected chi connectivity index (χ4v) is 1.97. The molecule has 0 spiro atoms. The summed E-state index contributed by atoms with van der Waals surface area (Å²) in [5, 5.41) is 9.19. The van der Waals surface area contributed by atoms with Crippen LogP contribution in [0.4, 0.5) is 0 Å². The summed E-state index contributed by atoms with van der Waals surface area (Å²) in [5.74, 6) is -0.148. The number of rotatable bonds is 3. The van der Waals surface area contributed by atoms with Crippen molar-refractivity contribution in [3.05, 3.63) is 53.6 Å². The minimum atomic E-state index is -0.916. The Kier molecular flexibility index (Phi) is 3.33.